The van der Waals surface area contributed by atoms with E-state index < -0.39 is 5.97 Å². The van der Waals surface area contributed by atoms with Crippen LogP contribution in [0.4, 0.5) is 0 Å². The van der Waals surface area contributed by atoms with Gasteiger partial charge in [0.15, 0.2) is 16.3 Å². The summed E-state index contributed by atoms with van der Waals surface area (Å²) in [5, 5.41) is 3.63. The zero-order valence-corrected chi connectivity index (χ0v) is 7.91. The van der Waals surface area contributed by atoms with Gasteiger partial charge in [-0.05, 0) is 12.1 Å². The lowest BCUT2D eigenvalue weighted by atomic mass is 10.3. The minimum Gasteiger partial charge on any atom is -0.464 e. The number of aromatic nitrogens is 2. The Morgan fingerprint density at radius 3 is 3.07 bits per heavy atom. The quantitative estimate of drug-likeness (QED) is 0.673. The molecule has 0 aliphatic rings. The fraction of sp³-hybridized carbons (Fsp3) is 0.125. The summed E-state index contributed by atoms with van der Waals surface area (Å²) in [5.74, 6) is -0.524. The highest BCUT2D eigenvalue weighted by Crippen LogP contribution is 2.20. The van der Waals surface area contributed by atoms with E-state index in [1.54, 1.807) is 6.07 Å². The molecule has 0 aliphatic heterocycles. The summed E-state index contributed by atoms with van der Waals surface area (Å²) < 4.78 is 9.33. The van der Waals surface area contributed by atoms with Crippen molar-refractivity contribution in [1.29, 1.82) is 0 Å². The summed E-state index contributed by atoms with van der Waals surface area (Å²) in [6, 6.07) is 3.04. The maximum atomic E-state index is 11.1. The van der Waals surface area contributed by atoms with Crippen molar-refractivity contribution >= 4 is 28.7 Å². The van der Waals surface area contributed by atoms with E-state index in [0.29, 0.717) is 11.1 Å². The smallest absolute Gasteiger partial charge is 0.356 e. The molecule has 0 N–H and O–H groups in total. The Bertz CT molecular complexity index is 494. The molecule has 2 heterocycles. The molecule has 0 bridgehead atoms. The second-order valence-corrected chi connectivity index (χ2v) is 2.87. The number of rotatable bonds is 1. The number of nitrogens with zero attached hydrogens (tertiary/aromatic N) is 2. The van der Waals surface area contributed by atoms with Gasteiger partial charge in [0.2, 0.25) is 0 Å². The Hall–Kier alpha value is -1.62. The van der Waals surface area contributed by atoms with Crippen LogP contribution in [-0.2, 0) is 4.74 Å². The van der Waals surface area contributed by atoms with E-state index in [1.807, 2.05) is 0 Å². The van der Waals surface area contributed by atoms with Crippen LogP contribution in [0.1, 0.15) is 10.5 Å². The van der Waals surface area contributed by atoms with Crippen LogP contribution in [0.3, 0.4) is 0 Å². The lowest BCUT2D eigenvalue weighted by Crippen LogP contribution is -2.03. The van der Waals surface area contributed by atoms with Gasteiger partial charge in [-0.1, -0.05) is 16.8 Å². The predicted molar refractivity (Wildman–Crippen MR) is 48.2 cm³/mol. The summed E-state index contributed by atoms with van der Waals surface area (Å²) in [6.07, 6.45) is 0. The van der Waals surface area contributed by atoms with Gasteiger partial charge >= 0.3 is 5.97 Å². The van der Waals surface area contributed by atoms with Crippen LogP contribution in [0.2, 0.25) is 5.15 Å². The standard InChI is InChI=1S/C8H5ClN2O3/c1-13-8(12)4-2-3-5-6(10-4)7(9)11-14-5/h2-3H,1H3. The monoisotopic (exact) mass is 212 g/mol. The average molecular weight is 213 g/mol. The molecule has 2 aromatic heterocycles. The van der Waals surface area contributed by atoms with E-state index in [2.05, 4.69) is 14.9 Å². The van der Waals surface area contributed by atoms with Crippen molar-refractivity contribution in [2.45, 2.75) is 0 Å². The second kappa shape index (κ2) is 3.26. The van der Waals surface area contributed by atoms with Gasteiger partial charge in [-0.25, -0.2) is 9.78 Å². The van der Waals surface area contributed by atoms with Gasteiger partial charge in [0.05, 0.1) is 7.11 Å². The van der Waals surface area contributed by atoms with E-state index >= 15 is 0 Å². The number of carbonyl (C=O) groups is 1. The molecule has 0 radical (unpaired) electrons. The Balaban J connectivity index is 2.60. The van der Waals surface area contributed by atoms with Gasteiger partial charge in [0, 0.05) is 0 Å². The van der Waals surface area contributed by atoms with E-state index in [-0.39, 0.29) is 10.8 Å². The van der Waals surface area contributed by atoms with Gasteiger partial charge < -0.3 is 9.26 Å². The van der Waals surface area contributed by atoms with Gasteiger partial charge in [-0.2, -0.15) is 0 Å². The Morgan fingerprint density at radius 1 is 1.57 bits per heavy atom. The minimum absolute atomic E-state index is 0.130. The highest BCUT2D eigenvalue weighted by Gasteiger charge is 2.12. The predicted octanol–water partition coefficient (Wildman–Crippen LogP) is 1.66. The third kappa shape index (κ3) is 1.31. The third-order valence-corrected chi connectivity index (χ3v) is 1.92. The van der Waals surface area contributed by atoms with Crippen molar-refractivity contribution in [1.82, 2.24) is 10.1 Å². The normalized spacial score (nSPS) is 10.4. The lowest BCUT2D eigenvalue weighted by Gasteiger charge is -1.96. The highest BCUT2D eigenvalue weighted by molar-refractivity contribution is 6.33. The van der Waals surface area contributed by atoms with Crippen LogP contribution in [0.5, 0.6) is 0 Å². The fourth-order valence-corrected chi connectivity index (χ4v) is 1.19. The van der Waals surface area contributed by atoms with E-state index in [0.717, 1.165) is 0 Å². The fourth-order valence-electron chi connectivity index (χ4n) is 1.02. The number of carbonyl (C=O) groups excluding carboxylic acids is 1. The summed E-state index contributed by atoms with van der Waals surface area (Å²) in [6.45, 7) is 0. The molecule has 6 heteroatoms. The van der Waals surface area contributed by atoms with Crippen molar-refractivity contribution < 1.29 is 14.1 Å². The minimum atomic E-state index is -0.524. The number of halogens is 1. The first-order valence-electron chi connectivity index (χ1n) is 3.72. The maximum absolute atomic E-state index is 11.1. The second-order valence-electron chi connectivity index (χ2n) is 2.51. The number of hydrogen-bond acceptors (Lipinski definition) is 5. The zero-order valence-electron chi connectivity index (χ0n) is 7.15. The molecule has 0 saturated heterocycles. The molecule has 0 amide bonds. The number of methoxy groups -OCH3 is 1. The zero-order chi connectivity index (χ0) is 10.1. The summed E-state index contributed by atoms with van der Waals surface area (Å²) in [5.41, 5.74) is 0.960. The largest absolute Gasteiger partial charge is 0.464 e. The molecular formula is C8H5ClN2O3. The molecule has 0 unspecified atom stereocenters. The van der Waals surface area contributed by atoms with Crippen LogP contribution in [0, 0.1) is 0 Å². The van der Waals surface area contributed by atoms with Crippen molar-refractivity contribution in [3.63, 3.8) is 0 Å². The number of ether oxygens (including phenoxy) is 1. The Kier molecular flexibility index (Phi) is 2.09. The van der Waals surface area contributed by atoms with E-state index in [4.69, 9.17) is 16.1 Å². The first-order valence-corrected chi connectivity index (χ1v) is 4.10. The SMILES string of the molecule is COC(=O)c1ccc2onc(Cl)c2n1. The molecule has 2 aromatic rings. The van der Waals surface area contributed by atoms with Gasteiger partial charge in [-0.3, -0.25) is 0 Å². The van der Waals surface area contributed by atoms with Crippen LogP contribution in [0.25, 0.3) is 11.1 Å². The van der Waals surface area contributed by atoms with Gasteiger partial charge in [-0.15, -0.1) is 0 Å². The van der Waals surface area contributed by atoms with Gasteiger partial charge in [0.25, 0.3) is 0 Å². The summed E-state index contributed by atoms with van der Waals surface area (Å²) in [7, 11) is 1.28. The number of fused-ring (bicyclic) bond motifs is 1. The molecule has 2 rings (SSSR count). The Morgan fingerprint density at radius 2 is 2.36 bits per heavy atom. The first kappa shape index (κ1) is 8.96. The average Bonchev–Trinajstić information content (AvgIpc) is 2.59. The molecule has 0 spiro atoms. The molecule has 0 saturated carbocycles. The molecule has 14 heavy (non-hydrogen) atoms. The van der Waals surface area contributed by atoms with Crippen LogP contribution < -0.4 is 0 Å². The number of esters is 1. The molecule has 0 fully saturated rings. The van der Waals surface area contributed by atoms with Gasteiger partial charge in [0.1, 0.15) is 5.69 Å². The van der Waals surface area contributed by atoms with Crippen molar-refractivity contribution in [3.8, 4) is 0 Å². The van der Waals surface area contributed by atoms with Crippen LogP contribution in [0.15, 0.2) is 16.7 Å². The van der Waals surface area contributed by atoms with Crippen LogP contribution >= 0.6 is 11.6 Å². The summed E-state index contributed by atoms with van der Waals surface area (Å²) >= 11 is 5.67. The molecular weight excluding hydrogens is 208 g/mol. The molecule has 72 valence electrons. The van der Waals surface area contributed by atoms with Crippen molar-refractivity contribution in [2.24, 2.45) is 0 Å². The van der Waals surface area contributed by atoms with Crippen molar-refractivity contribution in [3.05, 3.63) is 23.0 Å². The molecule has 5 nitrogen and oxygen atoms in total. The molecule has 0 atom stereocenters. The molecule has 0 aromatic carbocycles. The highest BCUT2D eigenvalue weighted by atomic mass is 35.5. The third-order valence-electron chi connectivity index (χ3n) is 1.67. The van der Waals surface area contributed by atoms with E-state index in [9.17, 15) is 4.79 Å². The number of pyridine rings is 1. The number of hydrogen-bond donors (Lipinski definition) is 0. The Labute approximate surface area is 83.6 Å². The van der Waals surface area contributed by atoms with Crippen LogP contribution in [-0.4, -0.2) is 23.2 Å². The summed E-state index contributed by atoms with van der Waals surface area (Å²) in [4.78, 5) is 15.1. The van der Waals surface area contributed by atoms with E-state index in [1.165, 1.54) is 13.2 Å². The van der Waals surface area contributed by atoms with Crippen molar-refractivity contribution in [2.75, 3.05) is 7.11 Å². The molecule has 0 aliphatic carbocycles. The maximum Gasteiger partial charge on any atom is 0.356 e. The first-order chi connectivity index (χ1) is 6.72. The topological polar surface area (TPSA) is 65.2 Å². The lowest BCUT2D eigenvalue weighted by molar-refractivity contribution is 0.0594.